The Kier molecular flexibility index (Phi) is 4.66. The SMILES string of the molecule is CC1CC(C)CC(CCN2CCC[C@H]2C(=O)O)C1. The van der Waals surface area contributed by atoms with Crippen molar-refractivity contribution < 1.29 is 9.90 Å². The normalized spacial score (nSPS) is 37.9. The molecule has 0 aromatic rings. The molecule has 0 radical (unpaired) electrons. The van der Waals surface area contributed by atoms with Crippen LogP contribution in [-0.2, 0) is 4.79 Å². The Bertz CT molecular complexity index is 282. The summed E-state index contributed by atoms with van der Waals surface area (Å²) in [6, 6.07) is -0.205. The van der Waals surface area contributed by atoms with E-state index < -0.39 is 5.97 Å². The molecule has 1 saturated heterocycles. The maximum Gasteiger partial charge on any atom is 0.320 e. The highest BCUT2D eigenvalue weighted by atomic mass is 16.4. The van der Waals surface area contributed by atoms with Crippen LogP contribution < -0.4 is 0 Å². The Hall–Kier alpha value is -0.570. The standard InChI is InChI=1S/C15H27NO2/c1-11-8-12(2)10-13(9-11)5-7-16-6-3-4-14(16)15(17)18/h11-14H,3-10H2,1-2H3,(H,17,18)/t11?,12?,13?,14-/m0/s1. The summed E-state index contributed by atoms with van der Waals surface area (Å²) in [7, 11) is 0. The van der Waals surface area contributed by atoms with E-state index in [2.05, 4.69) is 18.7 Å². The number of carboxylic acid groups (broad SMARTS) is 1. The highest BCUT2D eigenvalue weighted by Crippen LogP contribution is 2.35. The second-order valence-electron chi connectivity index (χ2n) is 6.60. The summed E-state index contributed by atoms with van der Waals surface area (Å²) in [4.78, 5) is 13.3. The Labute approximate surface area is 111 Å². The van der Waals surface area contributed by atoms with Crippen LogP contribution in [0, 0.1) is 17.8 Å². The van der Waals surface area contributed by atoms with Crippen LogP contribution in [-0.4, -0.2) is 35.1 Å². The van der Waals surface area contributed by atoms with E-state index in [0.717, 1.165) is 43.7 Å². The first-order valence-electron chi connectivity index (χ1n) is 7.53. The molecule has 0 amide bonds. The first-order chi connectivity index (χ1) is 8.56. The van der Waals surface area contributed by atoms with Crippen molar-refractivity contribution in [2.45, 2.75) is 58.4 Å². The maximum atomic E-state index is 11.1. The average molecular weight is 253 g/mol. The highest BCUT2D eigenvalue weighted by molar-refractivity contribution is 5.73. The zero-order valence-corrected chi connectivity index (χ0v) is 11.8. The fraction of sp³-hybridized carbons (Fsp3) is 0.933. The van der Waals surface area contributed by atoms with E-state index in [0.29, 0.717) is 0 Å². The van der Waals surface area contributed by atoms with E-state index in [-0.39, 0.29) is 6.04 Å². The molecule has 3 atom stereocenters. The lowest BCUT2D eigenvalue weighted by Gasteiger charge is -2.33. The summed E-state index contributed by atoms with van der Waals surface area (Å²) >= 11 is 0. The molecule has 1 aliphatic heterocycles. The van der Waals surface area contributed by atoms with Gasteiger partial charge in [-0.3, -0.25) is 9.69 Å². The average Bonchev–Trinajstić information content (AvgIpc) is 2.73. The van der Waals surface area contributed by atoms with Gasteiger partial charge in [-0.05, 0) is 69.4 Å². The Morgan fingerprint density at radius 1 is 1.22 bits per heavy atom. The Balaban J connectivity index is 1.78. The molecule has 2 rings (SSSR count). The van der Waals surface area contributed by atoms with Crippen molar-refractivity contribution in [3.8, 4) is 0 Å². The number of aliphatic carboxylic acids is 1. The number of carbonyl (C=O) groups is 1. The summed E-state index contributed by atoms with van der Waals surface area (Å²) in [5, 5.41) is 9.16. The monoisotopic (exact) mass is 253 g/mol. The van der Waals surface area contributed by atoms with E-state index in [9.17, 15) is 4.79 Å². The van der Waals surface area contributed by atoms with Gasteiger partial charge >= 0.3 is 5.97 Å². The van der Waals surface area contributed by atoms with Crippen LogP contribution in [0.4, 0.5) is 0 Å². The minimum Gasteiger partial charge on any atom is -0.480 e. The second kappa shape index (κ2) is 6.05. The van der Waals surface area contributed by atoms with E-state index in [1.165, 1.54) is 25.7 Å². The molecule has 104 valence electrons. The van der Waals surface area contributed by atoms with E-state index in [1.807, 2.05) is 0 Å². The molecule has 0 spiro atoms. The van der Waals surface area contributed by atoms with Gasteiger partial charge in [-0.2, -0.15) is 0 Å². The zero-order chi connectivity index (χ0) is 13.1. The van der Waals surface area contributed by atoms with Gasteiger partial charge in [0, 0.05) is 0 Å². The van der Waals surface area contributed by atoms with Crippen LogP contribution in [0.25, 0.3) is 0 Å². The van der Waals surface area contributed by atoms with Crippen molar-refractivity contribution in [3.63, 3.8) is 0 Å². The predicted molar refractivity (Wildman–Crippen MR) is 72.5 cm³/mol. The first kappa shape index (κ1) is 13.9. The molecule has 0 aromatic heterocycles. The molecule has 1 saturated carbocycles. The molecule has 2 unspecified atom stereocenters. The topological polar surface area (TPSA) is 40.5 Å². The fourth-order valence-corrected chi connectivity index (χ4v) is 4.07. The number of rotatable bonds is 4. The molecular formula is C15H27NO2. The highest BCUT2D eigenvalue weighted by Gasteiger charge is 2.31. The molecule has 2 fully saturated rings. The first-order valence-corrected chi connectivity index (χ1v) is 7.53. The van der Waals surface area contributed by atoms with Gasteiger partial charge in [-0.25, -0.2) is 0 Å². The lowest BCUT2D eigenvalue weighted by atomic mass is 9.75. The number of carboxylic acids is 1. The van der Waals surface area contributed by atoms with Gasteiger partial charge in [0.2, 0.25) is 0 Å². The molecule has 1 aliphatic carbocycles. The Morgan fingerprint density at radius 3 is 2.50 bits per heavy atom. The van der Waals surface area contributed by atoms with Gasteiger partial charge < -0.3 is 5.11 Å². The van der Waals surface area contributed by atoms with Gasteiger partial charge in [-0.1, -0.05) is 13.8 Å². The van der Waals surface area contributed by atoms with E-state index in [4.69, 9.17) is 5.11 Å². The summed E-state index contributed by atoms with van der Waals surface area (Å²) in [6.45, 7) is 6.69. The number of hydrogen-bond acceptors (Lipinski definition) is 2. The lowest BCUT2D eigenvalue weighted by Crippen LogP contribution is -2.37. The van der Waals surface area contributed by atoms with Gasteiger partial charge in [0.05, 0.1) is 0 Å². The number of nitrogens with zero attached hydrogens (tertiary/aromatic N) is 1. The summed E-state index contributed by atoms with van der Waals surface area (Å²) < 4.78 is 0. The summed E-state index contributed by atoms with van der Waals surface area (Å²) in [5.41, 5.74) is 0. The quantitative estimate of drug-likeness (QED) is 0.837. The van der Waals surface area contributed by atoms with Gasteiger partial charge in [0.15, 0.2) is 0 Å². The smallest absolute Gasteiger partial charge is 0.320 e. The third-order valence-corrected chi connectivity index (χ3v) is 4.75. The third kappa shape index (κ3) is 3.47. The van der Waals surface area contributed by atoms with Gasteiger partial charge in [0.1, 0.15) is 6.04 Å². The zero-order valence-electron chi connectivity index (χ0n) is 11.8. The predicted octanol–water partition coefficient (Wildman–Crippen LogP) is 3.00. The molecule has 3 nitrogen and oxygen atoms in total. The van der Waals surface area contributed by atoms with Gasteiger partial charge in [-0.15, -0.1) is 0 Å². The molecule has 0 aromatic carbocycles. The largest absolute Gasteiger partial charge is 0.480 e. The van der Waals surface area contributed by atoms with Crippen LogP contribution in [0.3, 0.4) is 0 Å². The maximum absolute atomic E-state index is 11.1. The van der Waals surface area contributed by atoms with E-state index in [1.54, 1.807) is 0 Å². The van der Waals surface area contributed by atoms with Gasteiger partial charge in [0.25, 0.3) is 0 Å². The van der Waals surface area contributed by atoms with Crippen LogP contribution in [0.15, 0.2) is 0 Å². The molecule has 2 aliphatic rings. The van der Waals surface area contributed by atoms with Crippen LogP contribution in [0.1, 0.15) is 52.4 Å². The molecule has 18 heavy (non-hydrogen) atoms. The molecule has 0 bridgehead atoms. The molecule has 1 heterocycles. The lowest BCUT2D eigenvalue weighted by molar-refractivity contribution is -0.142. The van der Waals surface area contributed by atoms with Crippen molar-refractivity contribution in [2.75, 3.05) is 13.1 Å². The Morgan fingerprint density at radius 2 is 1.89 bits per heavy atom. The van der Waals surface area contributed by atoms with Crippen LogP contribution >= 0.6 is 0 Å². The van der Waals surface area contributed by atoms with E-state index >= 15 is 0 Å². The third-order valence-electron chi connectivity index (χ3n) is 4.75. The minimum absolute atomic E-state index is 0.205. The number of likely N-dealkylation sites (tertiary alicyclic amines) is 1. The second-order valence-corrected chi connectivity index (χ2v) is 6.60. The van der Waals surface area contributed by atoms with Crippen LogP contribution in [0.2, 0.25) is 0 Å². The van der Waals surface area contributed by atoms with Crippen LogP contribution in [0.5, 0.6) is 0 Å². The summed E-state index contributed by atoms with van der Waals surface area (Å²) in [5.74, 6) is 1.90. The van der Waals surface area contributed by atoms with Crippen molar-refractivity contribution in [2.24, 2.45) is 17.8 Å². The molecular weight excluding hydrogens is 226 g/mol. The number of hydrogen-bond donors (Lipinski definition) is 1. The van der Waals surface area contributed by atoms with Crippen molar-refractivity contribution >= 4 is 5.97 Å². The van der Waals surface area contributed by atoms with Crippen molar-refractivity contribution in [1.82, 2.24) is 4.90 Å². The summed E-state index contributed by atoms with van der Waals surface area (Å²) in [6.07, 6.45) is 7.14. The minimum atomic E-state index is -0.627. The molecule has 3 heteroatoms. The fourth-order valence-electron chi connectivity index (χ4n) is 4.07. The molecule has 1 N–H and O–H groups in total. The van der Waals surface area contributed by atoms with Crippen molar-refractivity contribution in [3.05, 3.63) is 0 Å². The van der Waals surface area contributed by atoms with Crippen molar-refractivity contribution in [1.29, 1.82) is 0 Å².